The molecule has 140 valence electrons. The summed E-state index contributed by atoms with van der Waals surface area (Å²) < 4.78 is 6.01. The first-order valence-electron chi connectivity index (χ1n) is 9.54. The molecular weight excluding hydrogens is 322 g/mol. The van der Waals surface area contributed by atoms with Gasteiger partial charge in [0.15, 0.2) is 0 Å². The summed E-state index contributed by atoms with van der Waals surface area (Å²) in [7, 11) is 0. The Balaban J connectivity index is 1.58. The van der Waals surface area contributed by atoms with Gasteiger partial charge in [-0.15, -0.1) is 0 Å². The van der Waals surface area contributed by atoms with Gasteiger partial charge >= 0.3 is 0 Å². The Hall–Kier alpha value is -1.84. The maximum absolute atomic E-state index is 10.5. The second kappa shape index (κ2) is 7.81. The van der Waals surface area contributed by atoms with Gasteiger partial charge in [-0.25, -0.2) is 0 Å². The van der Waals surface area contributed by atoms with Crippen LogP contribution < -0.4 is 4.74 Å². The molecule has 0 saturated heterocycles. The van der Waals surface area contributed by atoms with Crippen LogP contribution >= 0.6 is 0 Å². The minimum Gasteiger partial charge on any atom is -0.491 e. The average molecular weight is 354 g/mol. The summed E-state index contributed by atoms with van der Waals surface area (Å²) in [4.78, 5) is 2.32. The third kappa shape index (κ3) is 4.66. The van der Waals surface area contributed by atoms with Crippen molar-refractivity contribution in [3.63, 3.8) is 0 Å². The van der Waals surface area contributed by atoms with E-state index in [1.54, 1.807) is 0 Å². The molecular formula is C23H31NO2. The lowest BCUT2D eigenvalue weighted by atomic mass is 9.85. The van der Waals surface area contributed by atoms with E-state index in [1.165, 1.54) is 22.3 Å². The van der Waals surface area contributed by atoms with E-state index in [9.17, 15) is 5.11 Å². The molecule has 1 aliphatic rings. The second-order valence-electron chi connectivity index (χ2n) is 8.47. The number of ether oxygens (including phenoxy) is 1. The van der Waals surface area contributed by atoms with Crippen molar-refractivity contribution in [2.75, 3.05) is 19.7 Å². The highest BCUT2D eigenvalue weighted by atomic mass is 16.5. The molecule has 1 aliphatic heterocycles. The van der Waals surface area contributed by atoms with Gasteiger partial charge in [0, 0.05) is 19.6 Å². The summed E-state index contributed by atoms with van der Waals surface area (Å²) >= 11 is 0. The van der Waals surface area contributed by atoms with E-state index < -0.39 is 6.10 Å². The highest BCUT2D eigenvalue weighted by Crippen LogP contribution is 2.32. The lowest BCUT2D eigenvalue weighted by Gasteiger charge is -2.30. The van der Waals surface area contributed by atoms with Crippen LogP contribution in [-0.2, 0) is 18.4 Å². The van der Waals surface area contributed by atoms with E-state index in [-0.39, 0.29) is 5.41 Å². The number of β-amino-alcohol motifs (C(OH)–C–C–N with tert-alkyl or cyclic N) is 1. The summed E-state index contributed by atoms with van der Waals surface area (Å²) in [5, 5.41) is 10.5. The minimum atomic E-state index is -0.491. The molecule has 3 nitrogen and oxygen atoms in total. The molecule has 1 atom stereocenters. The monoisotopic (exact) mass is 353 g/mol. The van der Waals surface area contributed by atoms with E-state index >= 15 is 0 Å². The van der Waals surface area contributed by atoms with Gasteiger partial charge in [-0.2, -0.15) is 0 Å². The van der Waals surface area contributed by atoms with E-state index in [1.807, 2.05) is 6.07 Å². The van der Waals surface area contributed by atoms with Crippen LogP contribution in [0.25, 0.3) is 0 Å². The molecule has 0 aliphatic carbocycles. The fourth-order valence-corrected chi connectivity index (χ4v) is 3.60. The molecule has 0 fully saturated rings. The van der Waals surface area contributed by atoms with E-state index in [4.69, 9.17) is 4.74 Å². The number of aryl methyl sites for hydroxylation is 1. The molecule has 1 unspecified atom stereocenters. The van der Waals surface area contributed by atoms with Crippen LogP contribution in [0, 0.1) is 6.92 Å². The Kier molecular flexibility index (Phi) is 5.69. The molecule has 3 rings (SSSR count). The topological polar surface area (TPSA) is 32.7 Å². The first kappa shape index (κ1) is 18.9. The highest BCUT2D eigenvalue weighted by Gasteiger charge is 2.21. The summed E-state index contributed by atoms with van der Waals surface area (Å²) in [6.07, 6.45) is 0.560. The van der Waals surface area contributed by atoms with E-state index in [2.05, 4.69) is 69.0 Å². The number of aliphatic hydroxyl groups excluding tert-OH is 1. The van der Waals surface area contributed by atoms with Gasteiger partial charge < -0.3 is 9.84 Å². The molecule has 2 aromatic rings. The molecule has 0 bridgehead atoms. The van der Waals surface area contributed by atoms with Gasteiger partial charge in [-0.1, -0.05) is 62.7 Å². The van der Waals surface area contributed by atoms with Crippen LogP contribution in [0.15, 0.2) is 42.5 Å². The van der Waals surface area contributed by atoms with Crippen molar-refractivity contribution in [2.24, 2.45) is 0 Å². The van der Waals surface area contributed by atoms with Gasteiger partial charge in [0.25, 0.3) is 0 Å². The van der Waals surface area contributed by atoms with Crippen LogP contribution in [0.5, 0.6) is 5.75 Å². The maximum Gasteiger partial charge on any atom is 0.123 e. The first-order valence-corrected chi connectivity index (χ1v) is 9.54. The van der Waals surface area contributed by atoms with Crippen molar-refractivity contribution in [3.05, 3.63) is 64.7 Å². The third-order valence-electron chi connectivity index (χ3n) is 5.05. The predicted octanol–water partition coefficient (Wildman–Crippen LogP) is 4.09. The van der Waals surface area contributed by atoms with Gasteiger partial charge in [-0.05, 0) is 41.5 Å². The Bertz CT molecular complexity index is 748. The largest absolute Gasteiger partial charge is 0.491 e. The zero-order valence-electron chi connectivity index (χ0n) is 16.5. The lowest BCUT2D eigenvalue weighted by Crippen LogP contribution is -2.38. The molecule has 1 N–H and O–H groups in total. The Morgan fingerprint density at radius 3 is 2.58 bits per heavy atom. The fraction of sp³-hybridized carbons (Fsp3) is 0.478. The Morgan fingerprint density at radius 1 is 1.12 bits per heavy atom. The Labute approximate surface area is 157 Å². The van der Waals surface area contributed by atoms with Gasteiger partial charge in [0.2, 0.25) is 0 Å². The zero-order valence-corrected chi connectivity index (χ0v) is 16.5. The van der Waals surface area contributed by atoms with Crippen LogP contribution in [0.3, 0.4) is 0 Å². The number of benzene rings is 2. The van der Waals surface area contributed by atoms with Crippen molar-refractivity contribution in [1.29, 1.82) is 0 Å². The third-order valence-corrected chi connectivity index (χ3v) is 5.05. The molecule has 3 heteroatoms. The van der Waals surface area contributed by atoms with Crippen molar-refractivity contribution in [2.45, 2.75) is 52.2 Å². The average Bonchev–Trinajstić information content (AvgIpc) is 2.60. The normalized spacial score (nSPS) is 16.2. The van der Waals surface area contributed by atoms with Crippen LogP contribution in [0.2, 0.25) is 0 Å². The van der Waals surface area contributed by atoms with Gasteiger partial charge in [0.05, 0.1) is 0 Å². The van der Waals surface area contributed by atoms with E-state index in [0.29, 0.717) is 13.2 Å². The number of nitrogens with zero attached hydrogens (tertiary/aromatic N) is 1. The van der Waals surface area contributed by atoms with Gasteiger partial charge in [-0.3, -0.25) is 4.90 Å². The standard InChI is InChI=1S/C23H31NO2/c1-17-9-10-22(21(13-17)23(2,3)4)26-16-20(25)15-24-12-11-18-7-5-6-8-19(18)14-24/h5-10,13,20,25H,11-12,14-16H2,1-4H3. The quantitative estimate of drug-likeness (QED) is 0.879. The zero-order chi connectivity index (χ0) is 18.7. The van der Waals surface area contributed by atoms with Crippen LogP contribution in [0.4, 0.5) is 0 Å². The second-order valence-corrected chi connectivity index (χ2v) is 8.47. The number of aliphatic hydroxyl groups is 1. The first-order chi connectivity index (χ1) is 12.3. The maximum atomic E-state index is 10.5. The lowest BCUT2D eigenvalue weighted by molar-refractivity contribution is 0.0631. The summed E-state index contributed by atoms with van der Waals surface area (Å²) in [5.74, 6) is 0.881. The molecule has 0 spiro atoms. The molecule has 0 aromatic heterocycles. The predicted molar refractivity (Wildman–Crippen MR) is 107 cm³/mol. The van der Waals surface area contributed by atoms with Crippen molar-refractivity contribution >= 4 is 0 Å². The summed E-state index contributed by atoms with van der Waals surface area (Å²) in [5.41, 5.74) is 5.25. The summed E-state index contributed by atoms with van der Waals surface area (Å²) in [6, 6.07) is 14.9. The molecule has 1 heterocycles. The molecule has 0 saturated carbocycles. The minimum absolute atomic E-state index is 0.0168. The SMILES string of the molecule is Cc1ccc(OCC(O)CN2CCc3ccccc3C2)c(C(C)(C)C)c1. The van der Waals surface area contributed by atoms with Gasteiger partial charge in [0.1, 0.15) is 18.5 Å². The van der Waals surface area contributed by atoms with E-state index in [0.717, 1.165) is 25.3 Å². The van der Waals surface area contributed by atoms with Crippen LogP contribution in [-0.4, -0.2) is 35.8 Å². The number of hydrogen-bond donors (Lipinski definition) is 1. The molecule has 0 amide bonds. The summed E-state index contributed by atoms with van der Waals surface area (Å²) in [6.45, 7) is 11.5. The fourth-order valence-electron chi connectivity index (χ4n) is 3.60. The highest BCUT2D eigenvalue weighted by molar-refractivity contribution is 5.41. The number of fused-ring (bicyclic) bond motifs is 1. The van der Waals surface area contributed by atoms with Crippen molar-refractivity contribution < 1.29 is 9.84 Å². The van der Waals surface area contributed by atoms with Crippen molar-refractivity contribution in [3.8, 4) is 5.75 Å². The number of rotatable bonds is 5. The van der Waals surface area contributed by atoms with Crippen molar-refractivity contribution in [1.82, 2.24) is 4.90 Å². The van der Waals surface area contributed by atoms with Crippen LogP contribution in [0.1, 0.15) is 43.0 Å². The number of hydrogen-bond acceptors (Lipinski definition) is 3. The Morgan fingerprint density at radius 2 is 1.85 bits per heavy atom. The molecule has 2 aromatic carbocycles. The molecule has 26 heavy (non-hydrogen) atoms. The molecule has 0 radical (unpaired) electrons. The smallest absolute Gasteiger partial charge is 0.123 e.